The van der Waals surface area contributed by atoms with E-state index in [9.17, 15) is 28.5 Å². The fourth-order valence-electron chi connectivity index (χ4n) is 6.06. The van der Waals surface area contributed by atoms with Crippen LogP contribution < -0.4 is 0 Å². The smallest absolute Gasteiger partial charge is 0.397 e. The molecule has 4 N–H and O–H groups in total. The van der Waals surface area contributed by atoms with Gasteiger partial charge in [0.25, 0.3) is 0 Å². The molecule has 0 amide bonds. The molecule has 6 unspecified atom stereocenters. The van der Waals surface area contributed by atoms with Crippen molar-refractivity contribution in [2.24, 2.45) is 0 Å². The van der Waals surface area contributed by atoms with E-state index in [4.69, 9.17) is 23.5 Å². The van der Waals surface area contributed by atoms with Gasteiger partial charge in [-0.25, -0.2) is 4.18 Å². The van der Waals surface area contributed by atoms with Gasteiger partial charge < -0.3 is 34.3 Å². The lowest BCUT2D eigenvalue weighted by Crippen LogP contribution is -2.60. The highest BCUT2D eigenvalue weighted by Crippen LogP contribution is 2.26. The molecule has 1 aliphatic rings. The lowest BCUT2D eigenvalue weighted by molar-refractivity contribution is -0.301. The predicted octanol–water partition coefficient (Wildman–Crippen LogP) is 7.85. The number of hydrogen-bond acceptors (Lipinski definition) is 11. The van der Waals surface area contributed by atoms with Crippen LogP contribution in [0.3, 0.4) is 0 Å². The largest absolute Gasteiger partial charge is 0.457 e. The third-order valence-corrected chi connectivity index (χ3v) is 9.68. The van der Waals surface area contributed by atoms with E-state index in [0.29, 0.717) is 13.0 Å². The summed E-state index contributed by atoms with van der Waals surface area (Å²) in [5.41, 5.74) is 0. The second kappa shape index (κ2) is 33.5. The van der Waals surface area contributed by atoms with Crippen LogP contribution in [0, 0.1) is 0 Å². The van der Waals surface area contributed by atoms with E-state index in [1.165, 1.54) is 44.9 Å². The lowest BCUT2D eigenvalue weighted by Gasteiger charge is -2.41. The minimum atomic E-state index is -5.06. The van der Waals surface area contributed by atoms with E-state index in [1.807, 2.05) is 0 Å². The highest BCUT2D eigenvalue weighted by molar-refractivity contribution is 7.80. The third-order valence-electron chi connectivity index (χ3n) is 9.22. The fourth-order valence-corrected chi connectivity index (χ4v) is 6.56. The zero-order valence-corrected chi connectivity index (χ0v) is 34.1. The van der Waals surface area contributed by atoms with Crippen LogP contribution >= 0.6 is 0 Å². The SMILES string of the molecule is CCC/C=C\CCCCCCCC(=O)OC(COCCCCCCCC/C=C\C/C=C\CCCCCC)COC1OC(CO)C(O)C(OS(=O)(=O)O)C1O. The van der Waals surface area contributed by atoms with Crippen LogP contribution in [-0.2, 0) is 38.3 Å². The van der Waals surface area contributed by atoms with Gasteiger partial charge in [-0.15, -0.1) is 0 Å². The maximum Gasteiger partial charge on any atom is 0.397 e. The van der Waals surface area contributed by atoms with E-state index in [1.54, 1.807) is 0 Å². The van der Waals surface area contributed by atoms with Crippen molar-refractivity contribution in [1.82, 2.24) is 0 Å². The monoisotopic (exact) mass is 790 g/mol. The summed E-state index contributed by atoms with van der Waals surface area (Å²) in [6.07, 6.45) is 27.6. The Morgan fingerprint density at radius 3 is 1.85 bits per heavy atom. The van der Waals surface area contributed by atoms with Gasteiger partial charge in [-0.1, -0.05) is 121 Å². The minimum absolute atomic E-state index is 0.0253. The molecule has 0 spiro atoms. The summed E-state index contributed by atoms with van der Waals surface area (Å²) in [6, 6.07) is 0. The molecule has 0 saturated carbocycles. The molecule has 0 aliphatic carbocycles. The highest BCUT2D eigenvalue weighted by atomic mass is 32.3. The molecule has 0 aromatic heterocycles. The molecule has 0 aromatic carbocycles. The van der Waals surface area contributed by atoms with E-state index < -0.39 is 59.8 Å². The maximum atomic E-state index is 12.7. The number of carbonyl (C=O) groups excluding carboxylic acids is 1. The van der Waals surface area contributed by atoms with Crippen molar-refractivity contribution >= 4 is 16.4 Å². The summed E-state index contributed by atoms with van der Waals surface area (Å²) in [4.78, 5) is 12.7. The molecule has 0 bridgehead atoms. The Hall–Kier alpha value is -1.68. The van der Waals surface area contributed by atoms with Crippen LogP contribution in [0.2, 0.25) is 0 Å². The molecule has 54 heavy (non-hydrogen) atoms. The first-order valence-corrected chi connectivity index (χ1v) is 22.1. The number of allylic oxidation sites excluding steroid dienone is 6. The van der Waals surface area contributed by atoms with Crippen molar-refractivity contribution < 1.29 is 56.2 Å². The van der Waals surface area contributed by atoms with Gasteiger partial charge in [0.05, 0.1) is 19.8 Å². The topological polar surface area (TPSA) is 178 Å². The van der Waals surface area contributed by atoms with Gasteiger partial charge in [0.1, 0.15) is 30.5 Å². The third kappa shape index (κ3) is 27.0. The Bertz CT molecular complexity index is 1100. The molecule has 1 rings (SSSR count). The molecule has 0 radical (unpaired) electrons. The fraction of sp³-hybridized carbons (Fsp3) is 0.829. The van der Waals surface area contributed by atoms with E-state index >= 15 is 0 Å². The van der Waals surface area contributed by atoms with E-state index in [2.05, 4.69) is 54.5 Å². The number of unbranched alkanes of at least 4 members (excludes halogenated alkanes) is 16. The molecule has 1 aliphatic heterocycles. The lowest BCUT2D eigenvalue weighted by atomic mass is 9.99. The maximum absolute atomic E-state index is 12.7. The first-order valence-electron chi connectivity index (χ1n) is 20.7. The zero-order valence-electron chi connectivity index (χ0n) is 33.3. The molecule has 1 heterocycles. The Labute approximate surface area is 326 Å². The summed E-state index contributed by atoms with van der Waals surface area (Å²) in [5.74, 6) is -0.417. The summed E-state index contributed by atoms with van der Waals surface area (Å²) >= 11 is 0. The van der Waals surface area contributed by atoms with Gasteiger partial charge in [0.15, 0.2) is 6.29 Å². The Morgan fingerprint density at radius 2 is 1.26 bits per heavy atom. The molecule has 1 fully saturated rings. The molecular weight excluding hydrogens is 717 g/mol. The number of hydrogen-bond donors (Lipinski definition) is 4. The number of aliphatic hydroxyl groups is 3. The predicted molar refractivity (Wildman–Crippen MR) is 211 cm³/mol. The standard InChI is InChI=1S/C41H74O12S/c1-3-5-7-9-11-13-15-16-17-18-19-20-21-23-25-27-29-31-49-33-35(51-37(43)30-28-26-24-22-14-12-10-8-6-4-2)34-50-41-39(45)40(53-54(46,47)48)38(44)36(32-42)52-41/h8,10,13,15,17-18,35-36,38-42,44-45H,3-7,9,11-12,14,16,19-34H2,1-2H3,(H,46,47,48)/b10-8-,15-13-,18-17-. The van der Waals surface area contributed by atoms with E-state index in [-0.39, 0.29) is 19.6 Å². The molecule has 12 nitrogen and oxygen atoms in total. The number of carbonyl (C=O) groups is 1. The van der Waals surface area contributed by atoms with Crippen LogP contribution in [0.15, 0.2) is 36.5 Å². The summed E-state index contributed by atoms with van der Waals surface area (Å²) < 4.78 is 58.8. The first kappa shape index (κ1) is 50.3. The number of rotatable bonds is 35. The van der Waals surface area contributed by atoms with Gasteiger partial charge >= 0.3 is 16.4 Å². The second-order valence-electron chi connectivity index (χ2n) is 14.2. The van der Waals surface area contributed by atoms with Crippen molar-refractivity contribution in [3.63, 3.8) is 0 Å². The van der Waals surface area contributed by atoms with Crippen LogP contribution in [0.1, 0.15) is 155 Å². The van der Waals surface area contributed by atoms with E-state index in [0.717, 1.165) is 83.5 Å². The average Bonchev–Trinajstić information content (AvgIpc) is 3.14. The minimum Gasteiger partial charge on any atom is -0.457 e. The van der Waals surface area contributed by atoms with Crippen molar-refractivity contribution in [3.05, 3.63) is 36.5 Å². The quantitative estimate of drug-likeness (QED) is 0.0212. The van der Waals surface area contributed by atoms with Gasteiger partial charge in [-0.3, -0.25) is 9.35 Å². The van der Waals surface area contributed by atoms with Gasteiger partial charge in [-0.2, -0.15) is 8.42 Å². The van der Waals surface area contributed by atoms with Crippen molar-refractivity contribution in [3.8, 4) is 0 Å². The summed E-state index contributed by atoms with van der Waals surface area (Å²) in [5, 5.41) is 30.5. The summed E-state index contributed by atoms with van der Waals surface area (Å²) in [6.45, 7) is 3.85. The van der Waals surface area contributed by atoms with Crippen LogP contribution in [0.25, 0.3) is 0 Å². The average molecular weight is 791 g/mol. The van der Waals surface area contributed by atoms with Crippen LogP contribution in [-0.4, -0.2) is 97.5 Å². The van der Waals surface area contributed by atoms with Crippen LogP contribution in [0.4, 0.5) is 0 Å². The summed E-state index contributed by atoms with van der Waals surface area (Å²) in [7, 11) is -5.06. The molecule has 1 saturated heterocycles. The van der Waals surface area contributed by atoms with Crippen molar-refractivity contribution in [2.45, 2.75) is 192 Å². The molecule has 13 heteroatoms. The van der Waals surface area contributed by atoms with Gasteiger partial charge in [-0.05, 0) is 64.2 Å². The van der Waals surface area contributed by atoms with Gasteiger partial charge in [0, 0.05) is 13.0 Å². The highest BCUT2D eigenvalue weighted by Gasteiger charge is 2.48. The molecule has 316 valence electrons. The Balaban J connectivity index is 2.46. The molecule has 0 aromatic rings. The number of esters is 1. The Kier molecular flexibility index (Phi) is 31.2. The van der Waals surface area contributed by atoms with Crippen LogP contribution in [0.5, 0.6) is 0 Å². The Morgan fingerprint density at radius 1 is 0.704 bits per heavy atom. The number of ether oxygens (including phenoxy) is 4. The first-order chi connectivity index (χ1) is 26.1. The van der Waals surface area contributed by atoms with Crippen molar-refractivity contribution in [1.29, 1.82) is 0 Å². The molecular formula is C41H74O12S. The molecule has 6 atom stereocenters. The zero-order chi connectivity index (χ0) is 39.7. The van der Waals surface area contributed by atoms with Crippen molar-refractivity contribution in [2.75, 3.05) is 26.4 Å². The van der Waals surface area contributed by atoms with Gasteiger partial charge in [0.2, 0.25) is 0 Å². The normalized spacial score (nSPS) is 21.5. The number of aliphatic hydroxyl groups excluding tert-OH is 3. The second-order valence-corrected chi connectivity index (χ2v) is 15.3.